The van der Waals surface area contributed by atoms with Crippen molar-refractivity contribution in [3.8, 4) is 0 Å². The number of hydrogen-bond acceptors (Lipinski definition) is 2. The molecule has 1 saturated heterocycles. The summed E-state index contributed by atoms with van der Waals surface area (Å²) in [5.74, 6) is 0.0568. The third-order valence-electron chi connectivity index (χ3n) is 6.09. The van der Waals surface area contributed by atoms with Crippen molar-refractivity contribution in [2.75, 3.05) is 18.5 Å². The maximum Gasteiger partial charge on any atom is 0.228 e. The summed E-state index contributed by atoms with van der Waals surface area (Å²) >= 11 is 0. The zero-order chi connectivity index (χ0) is 16.7. The molecule has 1 saturated carbocycles. The molecule has 0 N–H and O–H groups in total. The predicted octanol–water partition coefficient (Wildman–Crippen LogP) is 2.93. The summed E-state index contributed by atoms with van der Waals surface area (Å²) in [5.41, 5.74) is 3.76. The number of benzene rings is 1. The van der Waals surface area contributed by atoms with Crippen LogP contribution in [0.2, 0.25) is 0 Å². The van der Waals surface area contributed by atoms with Crippen LogP contribution in [0.1, 0.15) is 49.7 Å². The normalized spacial score (nSPS) is 23.8. The molecule has 0 spiro atoms. The van der Waals surface area contributed by atoms with E-state index in [0.717, 1.165) is 31.4 Å². The van der Waals surface area contributed by atoms with Crippen molar-refractivity contribution >= 4 is 17.5 Å². The molecule has 1 heterocycles. The Labute approximate surface area is 143 Å². The van der Waals surface area contributed by atoms with Crippen LogP contribution in [0.15, 0.2) is 18.2 Å². The van der Waals surface area contributed by atoms with Gasteiger partial charge in [0.2, 0.25) is 11.8 Å². The van der Waals surface area contributed by atoms with Gasteiger partial charge < -0.3 is 9.80 Å². The van der Waals surface area contributed by atoms with E-state index in [1.54, 1.807) is 0 Å². The first kappa shape index (κ1) is 15.7. The van der Waals surface area contributed by atoms with Gasteiger partial charge >= 0.3 is 0 Å². The van der Waals surface area contributed by atoms with Gasteiger partial charge in [-0.05, 0) is 55.4 Å². The standard InChI is InChI=1S/C20H26N2O2/c1-21(17-7-2-3-8-17)20(24)16-12-19(23)22(13-16)18-10-9-14-5-4-6-15(14)11-18/h9-11,16-17H,2-8,12-13H2,1H3. The topological polar surface area (TPSA) is 40.6 Å². The largest absolute Gasteiger partial charge is 0.342 e. The zero-order valence-corrected chi connectivity index (χ0v) is 14.5. The van der Waals surface area contributed by atoms with Crippen molar-refractivity contribution in [3.63, 3.8) is 0 Å². The van der Waals surface area contributed by atoms with Crippen molar-refractivity contribution in [2.45, 2.75) is 57.4 Å². The average Bonchev–Trinajstić information content (AvgIpc) is 3.32. The summed E-state index contributed by atoms with van der Waals surface area (Å²) in [6.07, 6.45) is 8.47. The molecule has 2 fully saturated rings. The lowest BCUT2D eigenvalue weighted by Crippen LogP contribution is -2.40. The summed E-state index contributed by atoms with van der Waals surface area (Å²) < 4.78 is 0. The first-order chi connectivity index (χ1) is 11.6. The Balaban J connectivity index is 1.47. The van der Waals surface area contributed by atoms with Crippen LogP contribution in [-0.2, 0) is 22.4 Å². The van der Waals surface area contributed by atoms with Crippen molar-refractivity contribution < 1.29 is 9.59 Å². The molecule has 0 aromatic heterocycles. The summed E-state index contributed by atoms with van der Waals surface area (Å²) in [4.78, 5) is 29.0. The van der Waals surface area contributed by atoms with E-state index < -0.39 is 0 Å². The van der Waals surface area contributed by atoms with Crippen molar-refractivity contribution in [1.29, 1.82) is 0 Å². The van der Waals surface area contributed by atoms with Crippen LogP contribution in [0.25, 0.3) is 0 Å². The minimum absolute atomic E-state index is 0.0890. The molecular weight excluding hydrogens is 300 g/mol. The van der Waals surface area contributed by atoms with Crippen molar-refractivity contribution in [3.05, 3.63) is 29.3 Å². The first-order valence-electron chi connectivity index (χ1n) is 9.32. The number of anilines is 1. The fourth-order valence-electron chi connectivity index (χ4n) is 4.61. The molecule has 1 aromatic carbocycles. The number of hydrogen-bond donors (Lipinski definition) is 0. The number of carbonyl (C=O) groups excluding carboxylic acids is 2. The van der Waals surface area contributed by atoms with Gasteiger partial charge in [-0.25, -0.2) is 0 Å². The van der Waals surface area contributed by atoms with E-state index in [2.05, 4.69) is 18.2 Å². The Bertz CT molecular complexity index is 664. The van der Waals surface area contributed by atoms with Crippen LogP contribution < -0.4 is 4.90 Å². The quantitative estimate of drug-likeness (QED) is 0.857. The molecule has 2 amide bonds. The number of aryl methyl sites for hydroxylation is 2. The van der Waals surface area contributed by atoms with Gasteiger partial charge in [0.1, 0.15) is 0 Å². The Morgan fingerprint density at radius 3 is 2.67 bits per heavy atom. The van der Waals surface area contributed by atoms with Gasteiger partial charge in [0.05, 0.1) is 5.92 Å². The van der Waals surface area contributed by atoms with E-state index in [1.807, 2.05) is 16.8 Å². The monoisotopic (exact) mass is 326 g/mol. The van der Waals surface area contributed by atoms with Crippen LogP contribution in [0.3, 0.4) is 0 Å². The van der Waals surface area contributed by atoms with E-state index in [1.165, 1.54) is 30.4 Å². The molecule has 0 radical (unpaired) electrons. The predicted molar refractivity (Wildman–Crippen MR) is 94.0 cm³/mol. The van der Waals surface area contributed by atoms with Gasteiger partial charge in [-0.2, -0.15) is 0 Å². The molecule has 1 atom stereocenters. The Morgan fingerprint density at radius 1 is 1.12 bits per heavy atom. The van der Waals surface area contributed by atoms with Gasteiger partial charge in [0, 0.05) is 31.7 Å². The number of carbonyl (C=O) groups is 2. The minimum atomic E-state index is -0.184. The maximum absolute atomic E-state index is 12.8. The van der Waals surface area contributed by atoms with E-state index in [-0.39, 0.29) is 17.7 Å². The third-order valence-corrected chi connectivity index (χ3v) is 6.09. The summed E-state index contributed by atoms with van der Waals surface area (Å²) in [6.45, 7) is 0.535. The van der Waals surface area contributed by atoms with Gasteiger partial charge in [-0.3, -0.25) is 9.59 Å². The molecule has 3 aliphatic rings. The van der Waals surface area contributed by atoms with Gasteiger partial charge in [-0.15, -0.1) is 0 Å². The Hall–Kier alpha value is -1.84. The van der Waals surface area contributed by atoms with Crippen molar-refractivity contribution in [1.82, 2.24) is 4.90 Å². The highest BCUT2D eigenvalue weighted by Crippen LogP contribution is 2.32. The van der Waals surface area contributed by atoms with Gasteiger partial charge in [0.25, 0.3) is 0 Å². The van der Waals surface area contributed by atoms with Crippen LogP contribution in [0, 0.1) is 5.92 Å². The van der Waals surface area contributed by atoms with Crippen LogP contribution >= 0.6 is 0 Å². The lowest BCUT2D eigenvalue weighted by Gasteiger charge is -2.27. The summed E-state index contributed by atoms with van der Waals surface area (Å²) in [5, 5.41) is 0. The molecule has 1 aliphatic heterocycles. The summed E-state index contributed by atoms with van der Waals surface area (Å²) in [7, 11) is 1.92. The van der Waals surface area contributed by atoms with Crippen LogP contribution in [0.4, 0.5) is 5.69 Å². The van der Waals surface area contributed by atoms with Crippen LogP contribution in [0.5, 0.6) is 0 Å². The lowest BCUT2D eigenvalue weighted by molar-refractivity contribution is -0.136. The minimum Gasteiger partial charge on any atom is -0.342 e. The molecule has 128 valence electrons. The molecule has 24 heavy (non-hydrogen) atoms. The average molecular weight is 326 g/mol. The molecule has 0 bridgehead atoms. The molecule has 1 aromatic rings. The molecular formula is C20H26N2O2. The fourth-order valence-corrected chi connectivity index (χ4v) is 4.61. The number of nitrogens with zero attached hydrogens (tertiary/aromatic N) is 2. The Morgan fingerprint density at radius 2 is 1.88 bits per heavy atom. The van der Waals surface area contributed by atoms with E-state index in [0.29, 0.717) is 19.0 Å². The van der Waals surface area contributed by atoms with Crippen molar-refractivity contribution in [2.24, 2.45) is 5.92 Å². The van der Waals surface area contributed by atoms with E-state index in [9.17, 15) is 9.59 Å². The second kappa shape index (κ2) is 6.23. The van der Waals surface area contributed by atoms with E-state index >= 15 is 0 Å². The number of amides is 2. The highest BCUT2D eigenvalue weighted by Gasteiger charge is 2.38. The zero-order valence-electron chi connectivity index (χ0n) is 14.5. The highest BCUT2D eigenvalue weighted by molar-refractivity contribution is 6.00. The third kappa shape index (κ3) is 2.72. The fraction of sp³-hybridized carbons (Fsp3) is 0.600. The molecule has 1 unspecified atom stereocenters. The number of rotatable bonds is 3. The number of fused-ring (bicyclic) bond motifs is 1. The summed E-state index contributed by atoms with van der Waals surface area (Å²) in [6, 6.07) is 6.75. The Kier molecular flexibility index (Phi) is 4.07. The maximum atomic E-state index is 12.8. The first-order valence-corrected chi connectivity index (χ1v) is 9.32. The second-order valence-electron chi connectivity index (χ2n) is 7.60. The second-order valence-corrected chi connectivity index (χ2v) is 7.60. The van der Waals surface area contributed by atoms with E-state index in [4.69, 9.17) is 0 Å². The smallest absolute Gasteiger partial charge is 0.228 e. The molecule has 4 rings (SSSR count). The lowest BCUT2D eigenvalue weighted by atomic mass is 10.1. The highest BCUT2D eigenvalue weighted by atomic mass is 16.2. The molecule has 4 heteroatoms. The van der Waals surface area contributed by atoms with Gasteiger partial charge in [0.15, 0.2) is 0 Å². The molecule has 4 nitrogen and oxygen atoms in total. The molecule has 2 aliphatic carbocycles. The van der Waals surface area contributed by atoms with Gasteiger partial charge in [-0.1, -0.05) is 18.9 Å². The SMILES string of the molecule is CN(C(=O)C1CC(=O)N(c2ccc3c(c2)CCC3)C1)C1CCCC1. The van der Waals surface area contributed by atoms with Crippen LogP contribution in [-0.4, -0.2) is 36.3 Å².